The van der Waals surface area contributed by atoms with Gasteiger partial charge in [-0.25, -0.2) is 0 Å². The second-order valence-corrected chi connectivity index (χ2v) is 6.12. The van der Waals surface area contributed by atoms with Gasteiger partial charge in [-0.2, -0.15) is 0 Å². The standard InChI is InChI=1S/C13H24N2/c1-11-8-12(11)9-15-7-6-14-13(10-15)4-2-3-5-13/h11-12,14H,2-10H2,1H3. The monoisotopic (exact) mass is 208 g/mol. The quantitative estimate of drug-likeness (QED) is 0.745. The molecule has 2 atom stereocenters. The van der Waals surface area contributed by atoms with E-state index in [2.05, 4.69) is 17.1 Å². The Bertz CT molecular complexity index is 233. The summed E-state index contributed by atoms with van der Waals surface area (Å²) in [6, 6.07) is 0. The van der Waals surface area contributed by atoms with Crippen LogP contribution in [-0.4, -0.2) is 36.6 Å². The van der Waals surface area contributed by atoms with Gasteiger partial charge in [0, 0.05) is 31.7 Å². The van der Waals surface area contributed by atoms with Crippen molar-refractivity contribution in [2.45, 2.75) is 44.6 Å². The Balaban J connectivity index is 1.56. The SMILES string of the molecule is CC1CC1CN1CCNC2(CCCC2)C1. The molecule has 3 fully saturated rings. The number of piperazine rings is 1. The Morgan fingerprint density at radius 1 is 1.33 bits per heavy atom. The number of nitrogens with one attached hydrogen (secondary N) is 1. The number of rotatable bonds is 2. The molecule has 1 spiro atoms. The van der Waals surface area contributed by atoms with E-state index in [1.807, 2.05) is 0 Å². The van der Waals surface area contributed by atoms with E-state index >= 15 is 0 Å². The fraction of sp³-hybridized carbons (Fsp3) is 1.00. The van der Waals surface area contributed by atoms with E-state index in [4.69, 9.17) is 0 Å². The van der Waals surface area contributed by atoms with E-state index in [1.54, 1.807) is 0 Å². The Kier molecular flexibility index (Phi) is 2.52. The first-order valence-electron chi connectivity index (χ1n) is 6.75. The summed E-state index contributed by atoms with van der Waals surface area (Å²) in [7, 11) is 0. The van der Waals surface area contributed by atoms with Crippen LogP contribution in [0.5, 0.6) is 0 Å². The fourth-order valence-corrected chi connectivity index (χ4v) is 3.57. The molecule has 0 aromatic carbocycles. The van der Waals surface area contributed by atoms with Crippen LogP contribution in [0.3, 0.4) is 0 Å². The molecule has 2 saturated carbocycles. The van der Waals surface area contributed by atoms with Crippen LogP contribution in [0.4, 0.5) is 0 Å². The van der Waals surface area contributed by atoms with Crippen LogP contribution in [0.25, 0.3) is 0 Å². The zero-order chi connectivity index (χ0) is 10.3. The van der Waals surface area contributed by atoms with E-state index < -0.39 is 0 Å². The third-order valence-electron chi connectivity index (χ3n) is 4.78. The molecule has 2 heteroatoms. The van der Waals surface area contributed by atoms with E-state index in [0.29, 0.717) is 5.54 Å². The average molecular weight is 208 g/mol. The Morgan fingerprint density at radius 2 is 2.07 bits per heavy atom. The summed E-state index contributed by atoms with van der Waals surface area (Å²) in [6.45, 7) is 7.62. The van der Waals surface area contributed by atoms with Gasteiger partial charge in [0.05, 0.1) is 0 Å². The summed E-state index contributed by atoms with van der Waals surface area (Å²) < 4.78 is 0. The summed E-state index contributed by atoms with van der Waals surface area (Å²) in [5.41, 5.74) is 0.524. The number of nitrogens with zero attached hydrogens (tertiary/aromatic N) is 1. The van der Waals surface area contributed by atoms with Gasteiger partial charge in [-0.1, -0.05) is 19.8 Å². The molecule has 1 N–H and O–H groups in total. The third-order valence-corrected chi connectivity index (χ3v) is 4.78. The molecule has 86 valence electrons. The highest BCUT2D eigenvalue weighted by atomic mass is 15.2. The molecule has 3 aliphatic rings. The lowest BCUT2D eigenvalue weighted by Gasteiger charge is -2.41. The second kappa shape index (κ2) is 3.74. The number of hydrogen-bond acceptors (Lipinski definition) is 2. The van der Waals surface area contributed by atoms with Crippen molar-refractivity contribution in [1.29, 1.82) is 0 Å². The third kappa shape index (κ3) is 2.07. The van der Waals surface area contributed by atoms with Crippen molar-refractivity contribution in [3.05, 3.63) is 0 Å². The molecule has 0 radical (unpaired) electrons. The Morgan fingerprint density at radius 3 is 2.73 bits per heavy atom. The first kappa shape index (κ1) is 10.1. The van der Waals surface area contributed by atoms with Crippen molar-refractivity contribution >= 4 is 0 Å². The van der Waals surface area contributed by atoms with Gasteiger partial charge in [0.1, 0.15) is 0 Å². The molecule has 1 saturated heterocycles. The summed E-state index contributed by atoms with van der Waals surface area (Å²) >= 11 is 0. The van der Waals surface area contributed by atoms with Crippen LogP contribution in [-0.2, 0) is 0 Å². The summed E-state index contributed by atoms with van der Waals surface area (Å²) in [5.74, 6) is 2.04. The molecule has 0 bridgehead atoms. The van der Waals surface area contributed by atoms with Crippen molar-refractivity contribution in [3.63, 3.8) is 0 Å². The minimum absolute atomic E-state index is 0.524. The molecule has 1 heterocycles. The fourth-order valence-electron chi connectivity index (χ4n) is 3.57. The minimum Gasteiger partial charge on any atom is -0.309 e. The molecule has 2 unspecified atom stereocenters. The predicted molar refractivity (Wildman–Crippen MR) is 62.9 cm³/mol. The molecule has 3 rings (SSSR count). The summed E-state index contributed by atoms with van der Waals surface area (Å²) in [6.07, 6.45) is 7.21. The van der Waals surface area contributed by atoms with Crippen molar-refractivity contribution < 1.29 is 0 Å². The van der Waals surface area contributed by atoms with E-state index in [9.17, 15) is 0 Å². The van der Waals surface area contributed by atoms with Crippen molar-refractivity contribution in [3.8, 4) is 0 Å². The van der Waals surface area contributed by atoms with Crippen molar-refractivity contribution in [2.24, 2.45) is 11.8 Å². The zero-order valence-corrected chi connectivity index (χ0v) is 9.97. The van der Waals surface area contributed by atoms with Gasteiger partial charge in [0.2, 0.25) is 0 Å². The van der Waals surface area contributed by atoms with E-state index in [1.165, 1.54) is 58.3 Å². The topological polar surface area (TPSA) is 15.3 Å². The molecule has 0 amide bonds. The van der Waals surface area contributed by atoms with Gasteiger partial charge in [-0.3, -0.25) is 4.90 Å². The van der Waals surface area contributed by atoms with Crippen LogP contribution in [0.15, 0.2) is 0 Å². The first-order chi connectivity index (χ1) is 7.27. The average Bonchev–Trinajstić information content (AvgIpc) is 2.74. The minimum atomic E-state index is 0.524. The lowest BCUT2D eigenvalue weighted by Crippen LogP contribution is -2.59. The second-order valence-electron chi connectivity index (χ2n) is 6.12. The first-order valence-corrected chi connectivity index (χ1v) is 6.75. The molecule has 0 aromatic rings. The lowest BCUT2D eigenvalue weighted by molar-refractivity contribution is 0.129. The van der Waals surface area contributed by atoms with Crippen molar-refractivity contribution in [2.75, 3.05) is 26.2 Å². The lowest BCUT2D eigenvalue weighted by atomic mass is 9.94. The van der Waals surface area contributed by atoms with Crippen LogP contribution < -0.4 is 5.32 Å². The molecular formula is C13H24N2. The van der Waals surface area contributed by atoms with Gasteiger partial charge in [0.25, 0.3) is 0 Å². The van der Waals surface area contributed by atoms with E-state index in [0.717, 1.165) is 11.8 Å². The summed E-state index contributed by atoms with van der Waals surface area (Å²) in [4.78, 5) is 2.73. The maximum absolute atomic E-state index is 3.79. The highest BCUT2D eigenvalue weighted by molar-refractivity contribution is 4.99. The zero-order valence-electron chi connectivity index (χ0n) is 9.97. The maximum Gasteiger partial charge on any atom is 0.0309 e. The highest BCUT2D eigenvalue weighted by Gasteiger charge is 2.40. The van der Waals surface area contributed by atoms with Crippen LogP contribution in [0, 0.1) is 11.8 Å². The van der Waals surface area contributed by atoms with Crippen molar-refractivity contribution in [1.82, 2.24) is 10.2 Å². The normalized spacial score (nSPS) is 39.8. The van der Waals surface area contributed by atoms with Gasteiger partial charge in [0.15, 0.2) is 0 Å². The number of hydrogen-bond donors (Lipinski definition) is 1. The van der Waals surface area contributed by atoms with Crippen LogP contribution in [0.1, 0.15) is 39.0 Å². The van der Waals surface area contributed by atoms with Crippen LogP contribution in [0.2, 0.25) is 0 Å². The molecule has 1 aliphatic heterocycles. The summed E-state index contributed by atoms with van der Waals surface area (Å²) in [5, 5.41) is 3.79. The van der Waals surface area contributed by atoms with Crippen LogP contribution >= 0.6 is 0 Å². The Labute approximate surface area is 93.4 Å². The van der Waals surface area contributed by atoms with Gasteiger partial charge in [-0.05, 0) is 31.1 Å². The molecule has 15 heavy (non-hydrogen) atoms. The highest BCUT2D eigenvalue weighted by Crippen LogP contribution is 2.39. The predicted octanol–water partition coefficient (Wildman–Crippen LogP) is 1.86. The van der Waals surface area contributed by atoms with Gasteiger partial charge < -0.3 is 5.32 Å². The Hall–Kier alpha value is -0.0800. The largest absolute Gasteiger partial charge is 0.309 e. The molecule has 2 aliphatic carbocycles. The smallest absolute Gasteiger partial charge is 0.0309 e. The van der Waals surface area contributed by atoms with E-state index in [-0.39, 0.29) is 0 Å². The van der Waals surface area contributed by atoms with Gasteiger partial charge >= 0.3 is 0 Å². The maximum atomic E-state index is 3.79. The molecule has 2 nitrogen and oxygen atoms in total. The molecule has 0 aromatic heterocycles. The molecular weight excluding hydrogens is 184 g/mol. The van der Waals surface area contributed by atoms with Gasteiger partial charge in [-0.15, -0.1) is 0 Å².